The van der Waals surface area contributed by atoms with Gasteiger partial charge in [0.1, 0.15) is 6.04 Å². The van der Waals surface area contributed by atoms with E-state index in [1.165, 1.54) is 30.3 Å². The minimum Gasteiger partial charge on any atom is -0.322 e. The van der Waals surface area contributed by atoms with Gasteiger partial charge >= 0.3 is 5.92 Å². The molecule has 9 heteroatoms. The van der Waals surface area contributed by atoms with Crippen LogP contribution in [0.1, 0.15) is 50.4 Å². The van der Waals surface area contributed by atoms with Crippen molar-refractivity contribution >= 4 is 35.1 Å². The number of nitrogens with zero attached hydrogens (tertiary/aromatic N) is 1. The molecule has 6 nitrogen and oxygen atoms in total. The molecule has 1 fully saturated rings. The van der Waals surface area contributed by atoms with E-state index in [2.05, 4.69) is 5.32 Å². The van der Waals surface area contributed by atoms with Crippen molar-refractivity contribution in [3.63, 3.8) is 0 Å². The molecule has 1 saturated heterocycles. The predicted octanol–water partition coefficient (Wildman–Crippen LogP) is 3.39. The van der Waals surface area contributed by atoms with Crippen LogP contribution in [-0.2, 0) is 33.2 Å². The molecule has 32 heavy (non-hydrogen) atoms. The van der Waals surface area contributed by atoms with Gasteiger partial charge in [0.15, 0.2) is 0 Å². The number of Topliss-reactive ketones (excluding diaryl/α,β-unsaturated/α-hetero) is 1. The number of hydrogen-bond acceptors (Lipinski definition) is 4. The van der Waals surface area contributed by atoms with Crippen LogP contribution < -0.4 is 5.32 Å². The number of benzene rings is 2. The molecule has 2 heterocycles. The standard InChI is InChI=1S/C23H19ClF2N2O4/c24-16-5-3-15(4-6-16)23(25,26)19(29)9-2-13-1-7-17-14(11-13)12-28(22(17)32)18-8-10-20(30)27-21(18)31/h1,3-7,11,18H,2,8-10,12H2,(H,27,30,31)/i2D,12D2. The summed E-state index contributed by atoms with van der Waals surface area (Å²) < 4.78 is 54.5. The van der Waals surface area contributed by atoms with Crippen molar-refractivity contribution in [3.8, 4) is 0 Å². The lowest BCUT2D eigenvalue weighted by atomic mass is 9.97. The molecule has 0 aromatic heterocycles. The van der Waals surface area contributed by atoms with Crippen LogP contribution in [0.15, 0.2) is 42.5 Å². The zero-order valence-electron chi connectivity index (χ0n) is 19.5. The third kappa shape index (κ3) is 4.14. The Morgan fingerprint density at radius 1 is 1.22 bits per heavy atom. The molecule has 2 aliphatic rings. The average molecular weight is 464 g/mol. The fourth-order valence-electron chi connectivity index (χ4n) is 3.59. The molecule has 2 unspecified atom stereocenters. The zero-order chi connectivity index (χ0) is 25.7. The smallest absolute Gasteiger partial charge is 0.322 e. The van der Waals surface area contributed by atoms with Gasteiger partial charge in [0.25, 0.3) is 5.91 Å². The largest absolute Gasteiger partial charge is 0.330 e. The fourth-order valence-corrected chi connectivity index (χ4v) is 3.71. The number of halogens is 3. The van der Waals surface area contributed by atoms with Crippen LogP contribution in [0.4, 0.5) is 8.78 Å². The molecule has 2 atom stereocenters. The van der Waals surface area contributed by atoms with E-state index >= 15 is 0 Å². The number of ketones is 1. The van der Waals surface area contributed by atoms with Crippen molar-refractivity contribution in [2.24, 2.45) is 0 Å². The summed E-state index contributed by atoms with van der Waals surface area (Å²) >= 11 is 5.70. The van der Waals surface area contributed by atoms with Crippen LogP contribution in [0, 0.1) is 0 Å². The van der Waals surface area contributed by atoms with E-state index in [4.69, 9.17) is 15.7 Å². The minimum absolute atomic E-state index is 0.0477. The Balaban J connectivity index is 1.57. The molecule has 4 rings (SSSR count). The topological polar surface area (TPSA) is 83.6 Å². The zero-order valence-corrected chi connectivity index (χ0v) is 17.3. The van der Waals surface area contributed by atoms with Crippen molar-refractivity contribution in [2.75, 3.05) is 0 Å². The van der Waals surface area contributed by atoms with E-state index in [1.807, 2.05) is 0 Å². The second-order valence-electron chi connectivity index (χ2n) is 7.47. The van der Waals surface area contributed by atoms with Gasteiger partial charge in [0, 0.05) is 36.9 Å². The molecule has 0 radical (unpaired) electrons. The third-order valence-electron chi connectivity index (χ3n) is 5.34. The lowest BCUT2D eigenvalue weighted by molar-refractivity contribution is -0.144. The van der Waals surface area contributed by atoms with Crippen LogP contribution >= 0.6 is 11.6 Å². The number of imide groups is 1. The molecule has 3 amide bonds. The number of nitrogens with one attached hydrogen (secondary N) is 1. The molecule has 0 aliphatic carbocycles. The van der Waals surface area contributed by atoms with Gasteiger partial charge in [0.05, 0.1) is 2.74 Å². The number of aryl methyl sites for hydroxylation is 1. The number of alkyl halides is 2. The van der Waals surface area contributed by atoms with Crippen LogP contribution in [0.3, 0.4) is 0 Å². The monoisotopic (exact) mass is 463 g/mol. The fraction of sp³-hybridized carbons (Fsp3) is 0.304. The average Bonchev–Trinajstić information content (AvgIpc) is 2.99. The second kappa shape index (κ2) is 8.43. The third-order valence-corrected chi connectivity index (χ3v) is 5.59. The van der Waals surface area contributed by atoms with Crippen molar-refractivity contribution < 1.29 is 32.1 Å². The highest BCUT2D eigenvalue weighted by atomic mass is 35.5. The summed E-state index contributed by atoms with van der Waals surface area (Å²) in [5.74, 6) is -7.42. The highest BCUT2D eigenvalue weighted by Crippen LogP contribution is 2.32. The van der Waals surface area contributed by atoms with E-state index in [0.29, 0.717) is 0 Å². The van der Waals surface area contributed by atoms with Gasteiger partial charge in [-0.1, -0.05) is 35.9 Å². The Kier molecular flexibility index (Phi) is 4.86. The molecular formula is C23H19ClF2N2O4. The number of carbonyl (C=O) groups is 4. The number of rotatable bonds is 6. The summed E-state index contributed by atoms with van der Waals surface area (Å²) in [6, 6.07) is 7.03. The Bertz CT molecular complexity index is 1240. The second-order valence-corrected chi connectivity index (χ2v) is 7.91. The number of piperidine rings is 1. The molecular weight excluding hydrogens is 442 g/mol. The molecule has 2 aromatic rings. The van der Waals surface area contributed by atoms with Crippen LogP contribution in [0.5, 0.6) is 0 Å². The van der Waals surface area contributed by atoms with Crippen LogP contribution in [0.25, 0.3) is 0 Å². The minimum atomic E-state index is -3.85. The molecule has 1 N–H and O–H groups in total. The predicted molar refractivity (Wildman–Crippen MR) is 111 cm³/mol. The molecule has 0 saturated carbocycles. The first-order chi connectivity index (χ1) is 16.3. The van der Waals surface area contributed by atoms with E-state index in [0.717, 1.165) is 17.0 Å². The van der Waals surface area contributed by atoms with E-state index < -0.39 is 60.3 Å². The quantitative estimate of drug-likeness (QED) is 0.665. The van der Waals surface area contributed by atoms with Crippen molar-refractivity contribution in [1.82, 2.24) is 10.2 Å². The number of carbonyl (C=O) groups excluding carboxylic acids is 4. The summed E-state index contributed by atoms with van der Waals surface area (Å²) in [6.07, 6.45) is -2.42. The molecule has 0 bridgehead atoms. The highest BCUT2D eigenvalue weighted by molar-refractivity contribution is 6.30. The molecule has 0 spiro atoms. The summed E-state index contributed by atoms with van der Waals surface area (Å²) in [4.78, 5) is 49.7. The maximum atomic E-state index is 14.6. The van der Waals surface area contributed by atoms with E-state index in [-0.39, 0.29) is 34.6 Å². The van der Waals surface area contributed by atoms with Gasteiger partial charge in [-0.3, -0.25) is 24.5 Å². The first kappa shape index (κ1) is 18.4. The maximum absolute atomic E-state index is 14.6. The summed E-state index contributed by atoms with van der Waals surface area (Å²) in [5, 5.41) is 2.31. The summed E-state index contributed by atoms with van der Waals surface area (Å²) in [7, 11) is 0. The Hall–Kier alpha value is -3.13. The van der Waals surface area contributed by atoms with Crippen LogP contribution in [0.2, 0.25) is 5.02 Å². The van der Waals surface area contributed by atoms with Crippen molar-refractivity contribution in [3.05, 3.63) is 69.7 Å². The van der Waals surface area contributed by atoms with Crippen molar-refractivity contribution in [2.45, 2.75) is 44.1 Å². The lowest BCUT2D eigenvalue weighted by Gasteiger charge is -2.29. The highest BCUT2D eigenvalue weighted by Gasteiger charge is 2.41. The van der Waals surface area contributed by atoms with Gasteiger partial charge in [-0.25, -0.2) is 0 Å². The molecule has 166 valence electrons. The summed E-state index contributed by atoms with van der Waals surface area (Å²) in [5.41, 5.74) is -0.687. The Labute approximate surface area is 191 Å². The normalized spacial score (nSPS) is 22.5. The number of hydrogen-bond donors (Lipinski definition) is 1. The molecule has 2 aromatic carbocycles. The number of fused-ring (bicyclic) bond motifs is 1. The summed E-state index contributed by atoms with van der Waals surface area (Å²) in [6.45, 7) is -2.46. The maximum Gasteiger partial charge on any atom is 0.330 e. The van der Waals surface area contributed by atoms with E-state index in [9.17, 15) is 28.0 Å². The van der Waals surface area contributed by atoms with Crippen LogP contribution in [-0.4, -0.2) is 34.4 Å². The number of amides is 3. The SMILES string of the molecule is [2H]C(CC(=O)C(F)(F)c1ccc(Cl)cc1)c1ccc2c(c1)C([2H])([2H])N(C1CCC(=O)NC1=O)C2=O. The van der Waals surface area contributed by atoms with Gasteiger partial charge in [-0.2, -0.15) is 8.78 Å². The van der Waals surface area contributed by atoms with Gasteiger partial charge in [0.2, 0.25) is 17.6 Å². The van der Waals surface area contributed by atoms with Gasteiger partial charge < -0.3 is 4.90 Å². The van der Waals surface area contributed by atoms with Gasteiger partial charge in [-0.05, 0) is 42.1 Å². The van der Waals surface area contributed by atoms with Gasteiger partial charge in [-0.15, -0.1) is 0 Å². The Morgan fingerprint density at radius 3 is 2.62 bits per heavy atom. The van der Waals surface area contributed by atoms with E-state index in [1.54, 1.807) is 0 Å². The lowest BCUT2D eigenvalue weighted by Crippen LogP contribution is -2.52. The van der Waals surface area contributed by atoms with Crippen molar-refractivity contribution in [1.29, 1.82) is 0 Å². The first-order valence-corrected chi connectivity index (χ1v) is 10.1. The first-order valence-electron chi connectivity index (χ1n) is 11.3. The Morgan fingerprint density at radius 2 is 1.94 bits per heavy atom. The molecule has 2 aliphatic heterocycles.